The molecule has 39 heavy (non-hydrogen) atoms. The molecule has 9 heteroatoms. The van der Waals surface area contributed by atoms with E-state index in [2.05, 4.69) is 10.3 Å². The number of likely N-dealkylation sites (tertiary alicyclic amines) is 1. The molecular formula is C30H32FN3O5. The summed E-state index contributed by atoms with van der Waals surface area (Å²) >= 11 is 0. The zero-order chi connectivity index (χ0) is 27.6. The van der Waals surface area contributed by atoms with Crippen LogP contribution in [0.5, 0.6) is 17.4 Å². The number of ether oxygens (including phenoxy) is 3. The van der Waals surface area contributed by atoms with Crippen LogP contribution in [0, 0.1) is 5.82 Å². The largest absolute Gasteiger partial charge is 0.485 e. The lowest BCUT2D eigenvalue weighted by Crippen LogP contribution is -2.45. The summed E-state index contributed by atoms with van der Waals surface area (Å²) in [6.07, 6.45) is 3.66. The molecule has 2 atom stereocenters. The molecule has 0 spiro atoms. The van der Waals surface area contributed by atoms with Gasteiger partial charge in [0.2, 0.25) is 11.8 Å². The van der Waals surface area contributed by atoms with Gasteiger partial charge in [0.1, 0.15) is 35.1 Å². The van der Waals surface area contributed by atoms with E-state index in [9.17, 15) is 14.0 Å². The van der Waals surface area contributed by atoms with E-state index in [-0.39, 0.29) is 17.8 Å². The number of amides is 2. The topological polar surface area (TPSA) is 90.0 Å². The van der Waals surface area contributed by atoms with Gasteiger partial charge in [-0.25, -0.2) is 14.2 Å². The molecule has 3 aromatic rings. The molecule has 3 heterocycles. The molecule has 1 N–H and O–H groups in total. The van der Waals surface area contributed by atoms with Crippen molar-refractivity contribution in [3.63, 3.8) is 0 Å². The van der Waals surface area contributed by atoms with Crippen molar-refractivity contribution in [2.24, 2.45) is 0 Å². The number of rotatable bonds is 5. The Bertz CT molecular complexity index is 1360. The molecule has 1 unspecified atom stereocenters. The number of halogens is 1. The number of pyridine rings is 1. The third kappa shape index (κ3) is 6.47. The minimum atomic E-state index is -0.628. The Morgan fingerprint density at radius 3 is 2.69 bits per heavy atom. The lowest BCUT2D eigenvalue weighted by Gasteiger charge is -2.28. The molecule has 2 aliphatic heterocycles. The zero-order valence-electron chi connectivity index (χ0n) is 22.3. The third-order valence-electron chi connectivity index (χ3n) is 6.61. The van der Waals surface area contributed by atoms with Crippen LogP contribution in [0.3, 0.4) is 0 Å². The van der Waals surface area contributed by atoms with Gasteiger partial charge in [0, 0.05) is 12.6 Å². The van der Waals surface area contributed by atoms with Crippen LogP contribution >= 0.6 is 0 Å². The number of aromatic nitrogens is 1. The first-order valence-electron chi connectivity index (χ1n) is 13.1. The van der Waals surface area contributed by atoms with E-state index in [1.807, 2.05) is 18.2 Å². The van der Waals surface area contributed by atoms with Crippen molar-refractivity contribution >= 4 is 17.7 Å². The molecule has 5 rings (SSSR count). The normalized spacial score (nSPS) is 18.6. The molecule has 2 aromatic carbocycles. The van der Waals surface area contributed by atoms with Gasteiger partial charge in [0.05, 0.1) is 11.9 Å². The number of nitrogens with one attached hydrogen (secondary N) is 1. The van der Waals surface area contributed by atoms with Gasteiger partial charge in [-0.1, -0.05) is 12.1 Å². The highest BCUT2D eigenvalue weighted by Gasteiger charge is 2.36. The zero-order valence-corrected chi connectivity index (χ0v) is 22.3. The van der Waals surface area contributed by atoms with Crippen LogP contribution in [0.2, 0.25) is 0 Å². The second kappa shape index (κ2) is 10.9. The second-order valence-corrected chi connectivity index (χ2v) is 10.8. The van der Waals surface area contributed by atoms with Crippen LogP contribution in [-0.4, -0.2) is 40.1 Å². The first-order chi connectivity index (χ1) is 18.6. The number of hydrogen-bond acceptors (Lipinski definition) is 6. The number of fused-ring (bicyclic) bond motifs is 1. The molecule has 0 radical (unpaired) electrons. The first kappa shape index (κ1) is 26.5. The predicted molar refractivity (Wildman–Crippen MR) is 143 cm³/mol. The van der Waals surface area contributed by atoms with Gasteiger partial charge in [-0.3, -0.25) is 9.69 Å². The number of anilines is 1. The Morgan fingerprint density at radius 2 is 1.95 bits per heavy atom. The van der Waals surface area contributed by atoms with Gasteiger partial charge < -0.3 is 19.5 Å². The summed E-state index contributed by atoms with van der Waals surface area (Å²) in [5.41, 5.74) is 1.71. The Hall–Kier alpha value is -4.14. The smallest absolute Gasteiger partial charge is 0.410 e. The fourth-order valence-electron chi connectivity index (χ4n) is 4.81. The first-order valence-corrected chi connectivity index (χ1v) is 13.1. The van der Waals surface area contributed by atoms with E-state index >= 15 is 0 Å². The maximum Gasteiger partial charge on any atom is 0.410 e. The van der Waals surface area contributed by atoms with E-state index in [1.165, 1.54) is 23.2 Å². The Balaban J connectivity index is 1.18. The van der Waals surface area contributed by atoms with Gasteiger partial charge in [0.25, 0.3) is 0 Å². The molecule has 1 fully saturated rings. The fourth-order valence-corrected chi connectivity index (χ4v) is 4.81. The van der Waals surface area contributed by atoms with Crippen LogP contribution in [-0.2, 0) is 16.0 Å². The van der Waals surface area contributed by atoms with E-state index in [1.54, 1.807) is 45.0 Å². The maximum atomic E-state index is 13.6. The van der Waals surface area contributed by atoms with Crippen molar-refractivity contribution in [3.05, 3.63) is 77.7 Å². The third-order valence-corrected chi connectivity index (χ3v) is 6.61. The monoisotopic (exact) mass is 533 g/mol. The fraction of sp³-hybridized carbons (Fsp3) is 0.367. The van der Waals surface area contributed by atoms with Crippen molar-refractivity contribution in [2.75, 3.05) is 11.9 Å². The number of nitrogens with zero attached hydrogens (tertiary/aromatic N) is 2. The molecule has 204 valence electrons. The number of benzene rings is 2. The molecule has 0 bridgehead atoms. The van der Waals surface area contributed by atoms with Crippen molar-refractivity contribution in [3.8, 4) is 17.4 Å². The van der Waals surface area contributed by atoms with E-state index in [4.69, 9.17) is 14.2 Å². The second-order valence-electron chi connectivity index (χ2n) is 10.8. The molecule has 2 aliphatic rings. The van der Waals surface area contributed by atoms with Gasteiger partial charge in [-0.2, -0.15) is 0 Å². The van der Waals surface area contributed by atoms with Crippen molar-refractivity contribution in [1.82, 2.24) is 9.88 Å². The van der Waals surface area contributed by atoms with Crippen molar-refractivity contribution < 1.29 is 28.2 Å². The average Bonchev–Trinajstić information content (AvgIpc) is 3.39. The number of carbonyl (C=O) groups excluding carboxylic acids is 2. The van der Waals surface area contributed by atoms with Crippen molar-refractivity contribution in [2.45, 2.75) is 64.2 Å². The van der Waals surface area contributed by atoms with Crippen LogP contribution in [0.4, 0.5) is 14.9 Å². The lowest BCUT2D eigenvalue weighted by molar-refractivity contribution is -0.120. The number of hydrogen-bond donors (Lipinski definition) is 1. The van der Waals surface area contributed by atoms with Gasteiger partial charge in [-0.05, 0) is 94.0 Å². The summed E-state index contributed by atoms with van der Waals surface area (Å²) in [5, 5.41) is 2.84. The molecule has 0 aliphatic carbocycles. The highest BCUT2D eigenvalue weighted by atomic mass is 19.1. The molecule has 2 amide bonds. The summed E-state index contributed by atoms with van der Waals surface area (Å²) in [7, 11) is 0. The SMILES string of the molecule is CC(C)(C)OC(=O)N1CCCC1C(=O)Nc1ccc(Oc2ccc3c(c2)CC[C@@H](c2cccc(F)c2)O3)nc1. The molecule has 0 saturated carbocycles. The average molecular weight is 534 g/mol. The van der Waals surface area contributed by atoms with Crippen LogP contribution < -0.4 is 14.8 Å². The van der Waals surface area contributed by atoms with E-state index < -0.39 is 17.7 Å². The maximum absolute atomic E-state index is 13.6. The Morgan fingerprint density at radius 1 is 1.10 bits per heavy atom. The summed E-state index contributed by atoms with van der Waals surface area (Å²) in [6, 6.07) is 14.9. The minimum Gasteiger partial charge on any atom is -0.485 e. The summed E-state index contributed by atoms with van der Waals surface area (Å²) in [4.78, 5) is 31.2. The molecule has 8 nitrogen and oxygen atoms in total. The quantitative estimate of drug-likeness (QED) is 0.407. The summed E-state index contributed by atoms with van der Waals surface area (Å²) in [6.45, 7) is 5.88. The minimum absolute atomic E-state index is 0.190. The van der Waals surface area contributed by atoms with Crippen LogP contribution in [0.1, 0.15) is 57.3 Å². The summed E-state index contributed by atoms with van der Waals surface area (Å²) < 4.78 is 31.1. The van der Waals surface area contributed by atoms with Gasteiger partial charge in [-0.15, -0.1) is 0 Å². The highest BCUT2D eigenvalue weighted by Crippen LogP contribution is 2.37. The standard InChI is InChI=1S/C30H32FN3O5/c1-30(2,3)39-29(36)34-15-5-8-24(34)28(35)33-22-10-14-27(32-18-22)37-23-11-13-26-20(17-23)9-12-25(38-26)19-6-4-7-21(31)16-19/h4,6-7,10-11,13-14,16-18,24-25H,5,8-9,12,15H2,1-3H3,(H,33,35)/t24?,25-/m0/s1. The number of carbonyl (C=O) groups is 2. The Labute approximate surface area is 227 Å². The predicted octanol–water partition coefficient (Wildman–Crippen LogP) is 6.42. The van der Waals surface area contributed by atoms with Gasteiger partial charge >= 0.3 is 6.09 Å². The van der Waals surface area contributed by atoms with E-state index in [0.29, 0.717) is 30.3 Å². The van der Waals surface area contributed by atoms with Crippen molar-refractivity contribution in [1.29, 1.82) is 0 Å². The van der Waals surface area contributed by atoms with Gasteiger partial charge in [0.15, 0.2) is 0 Å². The van der Waals surface area contributed by atoms with Crippen LogP contribution in [0.15, 0.2) is 60.8 Å². The molecule has 1 saturated heterocycles. The lowest BCUT2D eigenvalue weighted by atomic mass is 9.97. The molecular weight excluding hydrogens is 501 g/mol. The summed E-state index contributed by atoms with van der Waals surface area (Å²) in [5.74, 6) is 1.19. The van der Waals surface area contributed by atoms with Crippen LogP contribution in [0.25, 0.3) is 0 Å². The number of aryl methyl sites for hydroxylation is 1. The molecule has 1 aromatic heterocycles. The van der Waals surface area contributed by atoms with E-state index in [0.717, 1.165) is 36.1 Å². The highest BCUT2D eigenvalue weighted by molar-refractivity contribution is 5.96. The Kier molecular flexibility index (Phi) is 7.41.